The molecular weight excluding hydrogens is 376 g/mol. The Morgan fingerprint density at radius 1 is 1.37 bits per heavy atom. The number of carbonyl (C=O) groups is 2. The first kappa shape index (κ1) is 19.3. The van der Waals surface area contributed by atoms with E-state index >= 15 is 0 Å². The Morgan fingerprint density at radius 3 is 2.78 bits per heavy atom. The van der Waals surface area contributed by atoms with E-state index in [-0.39, 0.29) is 18.2 Å². The average Bonchev–Trinajstić information content (AvgIpc) is 3.37. The van der Waals surface area contributed by atoms with E-state index in [9.17, 15) is 18.4 Å². The second kappa shape index (κ2) is 8.03. The Labute approximate surface area is 158 Å². The normalized spacial score (nSPS) is 14.8. The SMILES string of the molecule is C[C@@H](Sc1nnc(CCC(N)=O)n1C1CC1)C(=O)Nc1cc(F)ccc1F. The van der Waals surface area contributed by atoms with Crippen LogP contribution >= 0.6 is 11.8 Å². The number of rotatable bonds is 8. The van der Waals surface area contributed by atoms with E-state index in [1.807, 2.05) is 4.57 Å². The fourth-order valence-electron chi connectivity index (χ4n) is 2.53. The molecule has 1 atom stereocenters. The van der Waals surface area contributed by atoms with Gasteiger partial charge in [-0.1, -0.05) is 11.8 Å². The van der Waals surface area contributed by atoms with Crippen molar-refractivity contribution in [3.63, 3.8) is 0 Å². The number of hydrogen-bond donors (Lipinski definition) is 2. The molecule has 1 fully saturated rings. The molecule has 1 heterocycles. The minimum Gasteiger partial charge on any atom is -0.370 e. The summed E-state index contributed by atoms with van der Waals surface area (Å²) >= 11 is 1.18. The van der Waals surface area contributed by atoms with Crippen molar-refractivity contribution in [3.05, 3.63) is 35.7 Å². The molecule has 0 unspecified atom stereocenters. The third kappa shape index (κ3) is 4.82. The van der Waals surface area contributed by atoms with Crippen LogP contribution in [0.5, 0.6) is 0 Å². The summed E-state index contributed by atoms with van der Waals surface area (Å²) < 4.78 is 28.9. The highest BCUT2D eigenvalue weighted by atomic mass is 32.2. The van der Waals surface area contributed by atoms with Crippen LogP contribution in [0, 0.1) is 11.6 Å². The van der Waals surface area contributed by atoms with E-state index in [1.165, 1.54) is 11.8 Å². The second-order valence-corrected chi connectivity index (χ2v) is 7.65. The first-order valence-electron chi connectivity index (χ1n) is 8.50. The monoisotopic (exact) mass is 395 g/mol. The predicted molar refractivity (Wildman–Crippen MR) is 96.1 cm³/mol. The van der Waals surface area contributed by atoms with Gasteiger partial charge in [0, 0.05) is 24.9 Å². The lowest BCUT2D eigenvalue weighted by molar-refractivity contribution is -0.118. The van der Waals surface area contributed by atoms with Crippen molar-refractivity contribution < 1.29 is 18.4 Å². The van der Waals surface area contributed by atoms with E-state index in [2.05, 4.69) is 15.5 Å². The van der Waals surface area contributed by atoms with Crippen molar-refractivity contribution in [2.45, 2.75) is 49.1 Å². The van der Waals surface area contributed by atoms with Crippen molar-refractivity contribution in [2.24, 2.45) is 5.73 Å². The first-order chi connectivity index (χ1) is 12.8. The van der Waals surface area contributed by atoms with Crippen LogP contribution in [-0.2, 0) is 16.0 Å². The molecule has 1 saturated carbocycles. The maximum atomic E-state index is 13.7. The molecule has 1 aromatic heterocycles. The van der Waals surface area contributed by atoms with E-state index in [1.54, 1.807) is 6.92 Å². The summed E-state index contributed by atoms with van der Waals surface area (Å²) in [7, 11) is 0. The predicted octanol–water partition coefficient (Wildman–Crippen LogP) is 2.43. The lowest BCUT2D eigenvalue weighted by atomic mass is 10.3. The quantitative estimate of drug-likeness (QED) is 0.668. The standard InChI is InChI=1S/C17H19F2N5O2S/c1-9(16(26)21-13-8-10(18)2-5-12(13)19)27-17-23-22-15(7-6-14(20)25)24(17)11-3-4-11/h2,5,8-9,11H,3-4,6-7H2,1H3,(H2,20,25)(H,21,26)/t9-/m1/s1. The van der Waals surface area contributed by atoms with Crippen LogP contribution in [0.25, 0.3) is 0 Å². The van der Waals surface area contributed by atoms with Crippen molar-refractivity contribution >= 4 is 29.3 Å². The van der Waals surface area contributed by atoms with Crippen molar-refractivity contribution in [2.75, 3.05) is 5.32 Å². The topological polar surface area (TPSA) is 103 Å². The number of hydrogen-bond acceptors (Lipinski definition) is 5. The Kier molecular flexibility index (Phi) is 5.73. The fraction of sp³-hybridized carbons (Fsp3) is 0.412. The smallest absolute Gasteiger partial charge is 0.237 e. The third-order valence-corrected chi connectivity index (χ3v) is 5.14. The number of halogens is 2. The van der Waals surface area contributed by atoms with Crippen LogP contribution in [-0.4, -0.2) is 31.8 Å². The molecule has 10 heteroatoms. The van der Waals surface area contributed by atoms with Crippen LogP contribution in [0.1, 0.15) is 38.1 Å². The van der Waals surface area contributed by atoms with Crippen molar-refractivity contribution in [3.8, 4) is 0 Å². The zero-order valence-corrected chi connectivity index (χ0v) is 15.4. The zero-order chi connectivity index (χ0) is 19.6. The lowest BCUT2D eigenvalue weighted by Gasteiger charge is -2.13. The van der Waals surface area contributed by atoms with Gasteiger partial charge in [-0.3, -0.25) is 9.59 Å². The Hall–Kier alpha value is -2.49. The largest absolute Gasteiger partial charge is 0.370 e. The number of primary amides is 1. The van der Waals surface area contributed by atoms with Gasteiger partial charge in [0.2, 0.25) is 11.8 Å². The Balaban J connectivity index is 1.70. The number of benzene rings is 1. The van der Waals surface area contributed by atoms with Gasteiger partial charge in [-0.25, -0.2) is 8.78 Å². The van der Waals surface area contributed by atoms with Gasteiger partial charge in [-0.15, -0.1) is 10.2 Å². The molecule has 2 amide bonds. The highest BCUT2D eigenvalue weighted by Gasteiger charge is 2.31. The molecule has 27 heavy (non-hydrogen) atoms. The average molecular weight is 395 g/mol. The number of aryl methyl sites for hydroxylation is 1. The fourth-order valence-corrected chi connectivity index (χ4v) is 3.47. The zero-order valence-electron chi connectivity index (χ0n) is 14.6. The molecule has 0 saturated heterocycles. The van der Waals surface area contributed by atoms with Crippen molar-refractivity contribution in [1.82, 2.24) is 14.8 Å². The molecular formula is C17H19F2N5O2S. The number of aromatic nitrogens is 3. The highest BCUT2D eigenvalue weighted by molar-refractivity contribution is 8.00. The molecule has 3 N–H and O–H groups in total. The van der Waals surface area contributed by atoms with E-state index < -0.39 is 28.7 Å². The van der Waals surface area contributed by atoms with Crippen LogP contribution in [0.3, 0.4) is 0 Å². The molecule has 0 radical (unpaired) electrons. The van der Waals surface area contributed by atoms with Gasteiger partial charge in [0.25, 0.3) is 0 Å². The van der Waals surface area contributed by atoms with E-state index in [4.69, 9.17) is 5.73 Å². The number of nitrogens with two attached hydrogens (primary N) is 1. The molecule has 3 rings (SSSR count). The number of nitrogens with zero attached hydrogens (tertiary/aromatic N) is 3. The van der Waals surface area contributed by atoms with Gasteiger partial charge >= 0.3 is 0 Å². The molecule has 0 spiro atoms. The summed E-state index contributed by atoms with van der Waals surface area (Å²) in [4.78, 5) is 23.4. The molecule has 1 aromatic carbocycles. The molecule has 7 nitrogen and oxygen atoms in total. The van der Waals surface area contributed by atoms with Crippen LogP contribution in [0.2, 0.25) is 0 Å². The van der Waals surface area contributed by atoms with Gasteiger partial charge in [-0.2, -0.15) is 0 Å². The number of nitrogens with one attached hydrogen (secondary N) is 1. The van der Waals surface area contributed by atoms with E-state index in [0.717, 1.165) is 31.0 Å². The summed E-state index contributed by atoms with van der Waals surface area (Å²) in [6.45, 7) is 1.65. The minimum absolute atomic E-state index is 0.171. The molecule has 0 bridgehead atoms. The second-order valence-electron chi connectivity index (χ2n) is 6.34. The Bertz CT molecular complexity index is 869. The Morgan fingerprint density at radius 2 is 2.11 bits per heavy atom. The lowest BCUT2D eigenvalue weighted by Crippen LogP contribution is -2.23. The molecule has 2 aromatic rings. The third-order valence-electron chi connectivity index (χ3n) is 4.08. The van der Waals surface area contributed by atoms with Crippen molar-refractivity contribution in [1.29, 1.82) is 0 Å². The number of thioether (sulfide) groups is 1. The maximum Gasteiger partial charge on any atom is 0.237 e. The van der Waals surface area contributed by atoms with Gasteiger partial charge in [0.1, 0.15) is 17.5 Å². The number of carbonyl (C=O) groups excluding carboxylic acids is 2. The van der Waals surface area contributed by atoms with Gasteiger partial charge in [-0.05, 0) is 31.9 Å². The van der Waals surface area contributed by atoms with Crippen LogP contribution in [0.4, 0.5) is 14.5 Å². The van der Waals surface area contributed by atoms with Gasteiger partial charge in [0.05, 0.1) is 10.9 Å². The van der Waals surface area contributed by atoms with Crippen LogP contribution < -0.4 is 11.1 Å². The van der Waals surface area contributed by atoms with E-state index in [0.29, 0.717) is 17.4 Å². The molecule has 1 aliphatic rings. The molecule has 0 aliphatic heterocycles. The maximum absolute atomic E-state index is 13.7. The summed E-state index contributed by atoms with van der Waals surface area (Å²) in [5, 5.41) is 10.6. The van der Waals surface area contributed by atoms with Crippen LogP contribution in [0.15, 0.2) is 23.4 Å². The molecule has 144 valence electrons. The summed E-state index contributed by atoms with van der Waals surface area (Å²) in [5.41, 5.74) is 4.98. The highest BCUT2D eigenvalue weighted by Crippen LogP contribution is 2.39. The summed E-state index contributed by atoms with van der Waals surface area (Å²) in [6.07, 6.45) is 2.51. The first-order valence-corrected chi connectivity index (χ1v) is 9.37. The van der Waals surface area contributed by atoms with Gasteiger partial charge < -0.3 is 15.6 Å². The minimum atomic E-state index is -0.711. The summed E-state index contributed by atoms with van der Waals surface area (Å²) in [5.74, 6) is -1.59. The van der Waals surface area contributed by atoms with Gasteiger partial charge in [0.15, 0.2) is 5.16 Å². The molecule has 1 aliphatic carbocycles. The number of amides is 2. The number of anilines is 1. The summed E-state index contributed by atoms with van der Waals surface area (Å²) in [6, 6.07) is 3.12.